The molecule has 37 heavy (non-hydrogen) atoms. The Balaban J connectivity index is 0.000000248. The average molecular weight is 569 g/mol. The van der Waals surface area contributed by atoms with Crippen LogP contribution in [0.15, 0.2) is 30.3 Å². The number of ether oxygens (including phenoxy) is 1. The lowest BCUT2D eigenvalue weighted by molar-refractivity contribution is -0.176. The maximum absolute atomic E-state index is 12.5. The topological polar surface area (TPSA) is 102 Å². The summed E-state index contributed by atoms with van der Waals surface area (Å²) in [5.74, 6) is -3.40. The second-order valence-corrected chi connectivity index (χ2v) is 9.56. The molecule has 6 nitrogen and oxygen atoms in total. The summed E-state index contributed by atoms with van der Waals surface area (Å²) in [5, 5.41) is 10.5. The van der Waals surface area contributed by atoms with Gasteiger partial charge in [0.1, 0.15) is 17.9 Å². The molecule has 0 heterocycles. The van der Waals surface area contributed by atoms with Gasteiger partial charge in [0, 0.05) is 16.6 Å². The zero-order valence-corrected chi connectivity index (χ0v) is 20.7. The summed E-state index contributed by atoms with van der Waals surface area (Å²) in [4.78, 5) is 20.7. The van der Waals surface area contributed by atoms with E-state index in [9.17, 15) is 31.5 Å². The van der Waals surface area contributed by atoms with Crippen molar-refractivity contribution in [2.75, 3.05) is 6.61 Å². The molecule has 0 bridgehead atoms. The molecule has 0 aromatic heterocycles. The number of halogens is 7. The number of hydrogen-bond acceptors (Lipinski definition) is 4. The summed E-state index contributed by atoms with van der Waals surface area (Å²) in [6.07, 6.45) is -4.57. The number of carboxylic acids is 1. The van der Waals surface area contributed by atoms with Crippen molar-refractivity contribution < 1.29 is 41.4 Å². The fourth-order valence-corrected chi connectivity index (χ4v) is 4.44. The van der Waals surface area contributed by atoms with Crippen LogP contribution in [0.3, 0.4) is 0 Å². The third-order valence-corrected chi connectivity index (χ3v) is 6.45. The highest BCUT2D eigenvalue weighted by molar-refractivity contribution is 6.36. The fraction of sp³-hybridized carbons (Fsp3) is 0.417. The van der Waals surface area contributed by atoms with Gasteiger partial charge < -0.3 is 20.9 Å². The molecule has 4 rings (SSSR count). The Kier molecular flexibility index (Phi) is 8.92. The first-order valence-electron chi connectivity index (χ1n) is 11.1. The van der Waals surface area contributed by atoms with E-state index in [-0.39, 0.29) is 29.7 Å². The molecule has 1 atom stereocenters. The van der Waals surface area contributed by atoms with Crippen molar-refractivity contribution in [2.45, 2.75) is 56.3 Å². The van der Waals surface area contributed by atoms with Crippen LogP contribution in [0.1, 0.15) is 42.9 Å². The van der Waals surface area contributed by atoms with Crippen LogP contribution in [-0.2, 0) is 16.0 Å². The van der Waals surface area contributed by atoms with E-state index in [4.69, 9.17) is 38.8 Å². The Morgan fingerprint density at radius 1 is 1.19 bits per heavy atom. The van der Waals surface area contributed by atoms with Crippen LogP contribution < -0.4 is 15.8 Å². The largest absolute Gasteiger partial charge is 0.485 e. The SMILES string of the molecule is NC1CCCc2cc(-c3cc(Cl)cc(Cl)c3OCC(F)F)ccc21.O=C(NC1(C(=O)O)CC1)C(F)(F)F. The summed E-state index contributed by atoms with van der Waals surface area (Å²) in [6.45, 7) is -0.718. The number of aryl methyl sites for hydroxylation is 1. The number of carboxylic acid groups (broad SMARTS) is 1. The quantitative estimate of drug-likeness (QED) is 0.375. The standard InChI is InChI=1S/C18H17Cl2F2NO.C6H6F3NO3/c19-12-7-14(18(15(20)8-12)24-9-17(21)22)11-4-5-13-10(6-11)2-1-3-16(13)23;7-6(8,9)3(11)10-5(1-2-5)4(12)13/h4-8,16-17H,1-3,9,23H2;1-2H2,(H,10,11)(H,12,13). The Morgan fingerprint density at radius 3 is 2.43 bits per heavy atom. The zero-order chi connectivity index (χ0) is 27.5. The van der Waals surface area contributed by atoms with Crippen LogP contribution >= 0.6 is 23.2 Å². The van der Waals surface area contributed by atoms with Crippen molar-refractivity contribution in [3.8, 4) is 16.9 Å². The molecule has 1 unspecified atom stereocenters. The van der Waals surface area contributed by atoms with Crippen molar-refractivity contribution in [2.24, 2.45) is 5.73 Å². The normalized spacial score (nSPS) is 17.8. The van der Waals surface area contributed by atoms with Crippen molar-refractivity contribution in [3.05, 3.63) is 51.5 Å². The van der Waals surface area contributed by atoms with Crippen molar-refractivity contribution in [3.63, 3.8) is 0 Å². The van der Waals surface area contributed by atoms with E-state index < -0.39 is 36.6 Å². The minimum absolute atomic E-state index is 0.0419. The van der Waals surface area contributed by atoms with Crippen molar-refractivity contribution in [1.82, 2.24) is 5.32 Å². The molecule has 0 spiro atoms. The van der Waals surface area contributed by atoms with Gasteiger partial charge in [-0.15, -0.1) is 0 Å². The van der Waals surface area contributed by atoms with Gasteiger partial charge in [-0.25, -0.2) is 13.6 Å². The van der Waals surface area contributed by atoms with Gasteiger partial charge in [0.2, 0.25) is 0 Å². The molecule has 13 heteroatoms. The highest BCUT2D eigenvalue weighted by Crippen LogP contribution is 2.41. The van der Waals surface area contributed by atoms with E-state index in [0.29, 0.717) is 10.6 Å². The second-order valence-electron chi connectivity index (χ2n) is 8.72. The van der Waals surface area contributed by atoms with E-state index >= 15 is 0 Å². The number of fused-ring (bicyclic) bond motifs is 1. The molecule has 1 amide bonds. The molecular weight excluding hydrogens is 546 g/mol. The number of amides is 1. The molecule has 0 radical (unpaired) electrons. The fourth-order valence-electron chi connectivity index (χ4n) is 3.89. The predicted octanol–water partition coefficient (Wildman–Crippen LogP) is 5.92. The molecule has 0 saturated heterocycles. The molecule has 202 valence electrons. The van der Waals surface area contributed by atoms with Gasteiger partial charge in [0.15, 0.2) is 0 Å². The number of nitrogens with two attached hydrogens (primary N) is 1. The Hall–Kier alpha value is -2.63. The van der Waals surface area contributed by atoms with E-state index in [1.807, 2.05) is 18.2 Å². The van der Waals surface area contributed by atoms with Gasteiger partial charge in [0.05, 0.1) is 5.02 Å². The first-order chi connectivity index (χ1) is 17.2. The third-order valence-electron chi connectivity index (χ3n) is 5.95. The Morgan fingerprint density at radius 2 is 1.86 bits per heavy atom. The highest BCUT2D eigenvalue weighted by Gasteiger charge is 2.55. The van der Waals surface area contributed by atoms with Crippen LogP contribution in [0.2, 0.25) is 10.0 Å². The number of rotatable bonds is 6. The summed E-state index contributed by atoms with van der Waals surface area (Å²) in [6, 6.07) is 9.12. The summed E-state index contributed by atoms with van der Waals surface area (Å²) >= 11 is 12.3. The minimum Gasteiger partial charge on any atom is -0.485 e. The maximum atomic E-state index is 12.5. The zero-order valence-electron chi connectivity index (χ0n) is 19.2. The van der Waals surface area contributed by atoms with Crippen molar-refractivity contribution in [1.29, 1.82) is 0 Å². The van der Waals surface area contributed by atoms with Gasteiger partial charge in [-0.05, 0) is 60.9 Å². The number of alkyl halides is 5. The van der Waals surface area contributed by atoms with Crippen LogP contribution in [0.25, 0.3) is 11.1 Å². The highest BCUT2D eigenvalue weighted by atomic mass is 35.5. The molecule has 0 aliphatic heterocycles. The summed E-state index contributed by atoms with van der Waals surface area (Å²) in [7, 11) is 0. The van der Waals surface area contributed by atoms with Crippen LogP contribution in [0, 0.1) is 0 Å². The lowest BCUT2D eigenvalue weighted by Gasteiger charge is -2.23. The molecule has 4 N–H and O–H groups in total. The molecule has 2 aromatic carbocycles. The van der Waals surface area contributed by atoms with Gasteiger partial charge in [0.25, 0.3) is 6.43 Å². The number of nitrogens with one attached hydrogen (secondary N) is 1. The van der Waals surface area contributed by atoms with E-state index in [2.05, 4.69) is 0 Å². The molecule has 2 aliphatic rings. The third kappa shape index (κ3) is 7.24. The van der Waals surface area contributed by atoms with Gasteiger partial charge in [-0.3, -0.25) is 4.79 Å². The first kappa shape index (κ1) is 28.9. The maximum Gasteiger partial charge on any atom is 0.471 e. The van der Waals surface area contributed by atoms with Crippen LogP contribution in [0.5, 0.6) is 5.75 Å². The monoisotopic (exact) mass is 568 g/mol. The number of hydrogen-bond donors (Lipinski definition) is 3. The number of carbonyl (C=O) groups excluding carboxylic acids is 1. The first-order valence-corrected chi connectivity index (χ1v) is 11.9. The molecule has 1 saturated carbocycles. The van der Waals surface area contributed by atoms with Gasteiger partial charge in [-0.2, -0.15) is 13.2 Å². The lowest BCUT2D eigenvalue weighted by Crippen LogP contribution is -2.48. The molecule has 2 aliphatic carbocycles. The predicted molar refractivity (Wildman–Crippen MR) is 127 cm³/mol. The molecular formula is C24H23Cl2F5N2O4. The van der Waals surface area contributed by atoms with Gasteiger partial charge in [-0.1, -0.05) is 41.4 Å². The van der Waals surface area contributed by atoms with E-state index in [0.717, 1.165) is 30.4 Å². The van der Waals surface area contributed by atoms with Crippen LogP contribution in [0.4, 0.5) is 22.0 Å². The summed E-state index contributed by atoms with van der Waals surface area (Å²) < 4.78 is 65.3. The lowest BCUT2D eigenvalue weighted by atomic mass is 9.86. The second kappa shape index (κ2) is 11.4. The van der Waals surface area contributed by atoms with E-state index in [1.54, 1.807) is 6.07 Å². The smallest absolute Gasteiger partial charge is 0.471 e. The Bertz CT molecular complexity index is 1170. The minimum atomic E-state index is -5.02. The van der Waals surface area contributed by atoms with Gasteiger partial charge >= 0.3 is 18.1 Å². The average Bonchev–Trinajstić information content (AvgIpc) is 3.58. The molecule has 1 fully saturated rings. The Labute approximate surface area is 218 Å². The van der Waals surface area contributed by atoms with Crippen molar-refractivity contribution >= 4 is 35.1 Å². The summed E-state index contributed by atoms with van der Waals surface area (Å²) in [5.41, 5.74) is 8.21. The molecule has 2 aromatic rings. The number of aliphatic carboxylic acids is 1. The number of benzene rings is 2. The number of carbonyl (C=O) groups is 2. The van der Waals surface area contributed by atoms with Crippen LogP contribution in [-0.4, -0.2) is 41.7 Å². The van der Waals surface area contributed by atoms with E-state index in [1.165, 1.54) is 16.9 Å².